The third-order valence-corrected chi connectivity index (χ3v) is 2.44. The number of rotatable bonds is 1. The van der Waals surface area contributed by atoms with Crippen LogP contribution in [0.4, 0.5) is 0 Å². The summed E-state index contributed by atoms with van der Waals surface area (Å²) in [5.74, 6) is 0. The first kappa shape index (κ1) is 9.92. The molecule has 0 aliphatic carbocycles. The van der Waals surface area contributed by atoms with Gasteiger partial charge in [0.2, 0.25) is 10.0 Å². The average Bonchev–Trinajstić information content (AvgIpc) is 2.03. The highest BCUT2D eigenvalue weighted by atomic mass is 35.5. The molecule has 5 nitrogen and oxygen atoms in total. The summed E-state index contributed by atoms with van der Waals surface area (Å²) in [7, 11) is -3.82. The van der Waals surface area contributed by atoms with Gasteiger partial charge in [-0.05, 0) is 6.07 Å². The minimum atomic E-state index is -3.82. The number of primary sulfonamides is 1. The van der Waals surface area contributed by atoms with Crippen LogP contribution in [-0.2, 0) is 10.0 Å². The van der Waals surface area contributed by atoms with Crippen molar-refractivity contribution in [1.29, 1.82) is 5.26 Å². The first-order valence-corrected chi connectivity index (χ1v) is 4.96. The van der Waals surface area contributed by atoms with Crippen LogP contribution in [0.5, 0.6) is 0 Å². The number of sulfonamides is 1. The van der Waals surface area contributed by atoms with Gasteiger partial charge in [-0.15, -0.1) is 0 Å². The molecule has 0 atom stereocenters. The van der Waals surface area contributed by atoms with E-state index in [1.807, 2.05) is 0 Å². The van der Waals surface area contributed by atoms with Crippen LogP contribution in [0.15, 0.2) is 17.2 Å². The Morgan fingerprint density at radius 1 is 1.62 bits per heavy atom. The van der Waals surface area contributed by atoms with Crippen LogP contribution in [0.3, 0.4) is 0 Å². The molecular formula is C6H4ClN3O2S. The Morgan fingerprint density at radius 3 is 2.69 bits per heavy atom. The van der Waals surface area contributed by atoms with Gasteiger partial charge in [0.15, 0.2) is 0 Å². The summed E-state index contributed by atoms with van der Waals surface area (Å²) < 4.78 is 21.6. The maximum Gasteiger partial charge on any atom is 0.239 e. The summed E-state index contributed by atoms with van der Waals surface area (Å²) in [5.41, 5.74) is -0.0202. The smallest absolute Gasteiger partial charge is 0.239 e. The summed E-state index contributed by atoms with van der Waals surface area (Å²) in [4.78, 5) is 3.27. The predicted molar refractivity (Wildman–Crippen MR) is 45.3 cm³/mol. The van der Waals surface area contributed by atoms with E-state index in [1.165, 1.54) is 0 Å². The molecule has 0 spiro atoms. The van der Waals surface area contributed by atoms with E-state index >= 15 is 0 Å². The molecule has 7 heteroatoms. The maximum atomic E-state index is 10.8. The van der Waals surface area contributed by atoms with Gasteiger partial charge >= 0.3 is 0 Å². The van der Waals surface area contributed by atoms with Crippen molar-refractivity contribution in [3.8, 4) is 6.07 Å². The van der Waals surface area contributed by atoms with Gasteiger partial charge in [-0.1, -0.05) is 11.6 Å². The summed E-state index contributed by atoms with van der Waals surface area (Å²) in [6.07, 6.45) is 0.999. The van der Waals surface area contributed by atoms with Crippen LogP contribution in [0, 0.1) is 11.3 Å². The van der Waals surface area contributed by atoms with Gasteiger partial charge in [0, 0.05) is 6.20 Å². The Balaban J connectivity index is 3.41. The Kier molecular flexibility index (Phi) is 2.52. The van der Waals surface area contributed by atoms with Crippen molar-refractivity contribution in [2.24, 2.45) is 5.14 Å². The molecule has 0 aliphatic heterocycles. The number of hydrogen-bond donors (Lipinski definition) is 1. The van der Waals surface area contributed by atoms with E-state index in [2.05, 4.69) is 4.98 Å². The van der Waals surface area contributed by atoms with E-state index in [0.717, 1.165) is 12.3 Å². The highest BCUT2D eigenvalue weighted by molar-refractivity contribution is 7.89. The molecule has 13 heavy (non-hydrogen) atoms. The fourth-order valence-corrected chi connectivity index (χ4v) is 1.29. The molecule has 0 amide bonds. The fourth-order valence-electron chi connectivity index (χ4n) is 0.663. The molecule has 1 aromatic heterocycles. The minimum Gasteiger partial charge on any atom is -0.242 e. The lowest BCUT2D eigenvalue weighted by atomic mass is 10.3. The van der Waals surface area contributed by atoms with Gasteiger partial charge in [-0.3, -0.25) is 0 Å². The van der Waals surface area contributed by atoms with Crippen molar-refractivity contribution >= 4 is 21.6 Å². The summed E-state index contributed by atoms with van der Waals surface area (Å²) in [6.45, 7) is 0. The Hall–Kier alpha value is -1.16. The van der Waals surface area contributed by atoms with E-state index < -0.39 is 10.0 Å². The second kappa shape index (κ2) is 3.30. The van der Waals surface area contributed by atoms with Gasteiger partial charge in [-0.25, -0.2) is 18.5 Å². The zero-order valence-electron chi connectivity index (χ0n) is 6.23. The van der Waals surface area contributed by atoms with E-state index in [0.29, 0.717) is 0 Å². The van der Waals surface area contributed by atoms with Gasteiger partial charge in [0.05, 0.1) is 5.56 Å². The van der Waals surface area contributed by atoms with E-state index in [1.54, 1.807) is 6.07 Å². The summed E-state index contributed by atoms with van der Waals surface area (Å²) in [6, 6.07) is 2.77. The second-order valence-corrected chi connectivity index (χ2v) is 4.09. The molecule has 0 radical (unpaired) electrons. The molecule has 0 aliphatic rings. The average molecular weight is 218 g/mol. The van der Waals surface area contributed by atoms with Gasteiger partial charge < -0.3 is 0 Å². The van der Waals surface area contributed by atoms with Crippen molar-refractivity contribution in [1.82, 2.24) is 4.98 Å². The largest absolute Gasteiger partial charge is 0.242 e. The van der Waals surface area contributed by atoms with E-state index in [-0.39, 0.29) is 15.6 Å². The lowest BCUT2D eigenvalue weighted by Crippen LogP contribution is -2.12. The molecule has 2 N–H and O–H groups in total. The van der Waals surface area contributed by atoms with Crippen LogP contribution < -0.4 is 5.14 Å². The molecule has 0 bridgehead atoms. The lowest BCUT2D eigenvalue weighted by Gasteiger charge is -1.98. The Bertz CT molecular complexity index is 477. The number of nitriles is 1. The topological polar surface area (TPSA) is 96.8 Å². The molecule has 0 fully saturated rings. The van der Waals surface area contributed by atoms with Crippen LogP contribution in [0.1, 0.15) is 5.56 Å². The van der Waals surface area contributed by atoms with Gasteiger partial charge in [0.25, 0.3) is 0 Å². The Morgan fingerprint density at radius 2 is 2.23 bits per heavy atom. The molecule has 0 unspecified atom stereocenters. The molecule has 1 rings (SSSR count). The minimum absolute atomic E-state index is 0.0202. The second-order valence-electron chi connectivity index (χ2n) is 2.17. The molecular weight excluding hydrogens is 214 g/mol. The van der Waals surface area contributed by atoms with Crippen molar-refractivity contribution in [2.75, 3.05) is 0 Å². The van der Waals surface area contributed by atoms with Crippen molar-refractivity contribution in [3.05, 3.63) is 23.0 Å². The first-order chi connectivity index (χ1) is 5.95. The highest BCUT2D eigenvalue weighted by Gasteiger charge is 2.11. The molecule has 0 saturated heterocycles. The van der Waals surface area contributed by atoms with Crippen molar-refractivity contribution in [3.63, 3.8) is 0 Å². The SMILES string of the molecule is N#Cc1cc(S(N)(=O)=O)cnc1Cl. The van der Waals surface area contributed by atoms with Gasteiger partial charge in [0.1, 0.15) is 16.1 Å². The Labute approximate surface area is 79.8 Å². The number of pyridine rings is 1. The predicted octanol–water partition coefficient (Wildman–Crippen LogP) is 0.254. The summed E-state index contributed by atoms with van der Waals surface area (Å²) in [5, 5.41) is 13.3. The standard InChI is InChI=1S/C6H4ClN3O2S/c7-6-4(2-8)1-5(3-10-6)13(9,11)12/h1,3H,(H2,9,11,12). The maximum absolute atomic E-state index is 10.8. The molecule has 0 saturated carbocycles. The van der Waals surface area contributed by atoms with Crippen LogP contribution >= 0.6 is 11.6 Å². The third-order valence-electron chi connectivity index (χ3n) is 1.26. The van der Waals surface area contributed by atoms with Crippen molar-refractivity contribution < 1.29 is 8.42 Å². The molecule has 68 valence electrons. The number of nitrogens with zero attached hydrogens (tertiary/aromatic N) is 2. The summed E-state index contributed by atoms with van der Waals surface area (Å²) >= 11 is 5.48. The quantitative estimate of drug-likeness (QED) is 0.682. The number of hydrogen-bond acceptors (Lipinski definition) is 4. The van der Waals surface area contributed by atoms with Crippen LogP contribution in [0.2, 0.25) is 5.15 Å². The normalized spacial score (nSPS) is 10.8. The lowest BCUT2D eigenvalue weighted by molar-refractivity contribution is 0.597. The fraction of sp³-hybridized carbons (Fsp3) is 0. The van der Waals surface area contributed by atoms with E-state index in [4.69, 9.17) is 22.0 Å². The van der Waals surface area contributed by atoms with Gasteiger partial charge in [-0.2, -0.15) is 5.26 Å². The van der Waals surface area contributed by atoms with Crippen LogP contribution in [0.25, 0.3) is 0 Å². The first-order valence-electron chi connectivity index (χ1n) is 3.03. The third kappa shape index (κ3) is 2.15. The van der Waals surface area contributed by atoms with Crippen molar-refractivity contribution in [2.45, 2.75) is 4.90 Å². The zero-order chi connectivity index (χ0) is 10.1. The molecule has 1 aromatic rings. The number of nitrogens with two attached hydrogens (primary N) is 1. The zero-order valence-corrected chi connectivity index (χ0v) is 7.80. The number of aromatic nitrogens is 1. The monoisotopic (exact) mass is 217 g/mol. The molecule has 1 heterocycles. The number of halogens is 1. The van der Waals surface area contributed by atoms with E-state index in [9.17, 15) is 8.42 Å². The molecule has 0 aromatic carbocycles. The highest BCUT2D eigenvalue weighted by Crippen LogP contribution is 2.15. The van der Waals surface area contributed by atoms with Crippen LogP contribution in [-0.4, -0.2) is 13.4 Å².